The van der Waals surface area contributed by atoms with Gasteiger partial charge in [0.1, 0.15) is 5.69 Å². The summed E-state index contributed by atoms with van der Waals surface area (Å²) in [7, 11) is -3.01. The predicted molar refractivity (Wildman–Crippen MR) is 77.8 cm³/mol. The van der Waals surface area contributed by atoms with Gasteiger partial charge in [-0.25, -0.2) is 8.42 Å². The first-order chi connectivity index (χ1) is 9.43. The first-order valence-corrected chi connectivity index (χ1v) is 8.93. The Bertz CT molecular complexity index is 747. The van der Waals surface area contributed by atoms with Gasteiger partial charge in [-0.3, -0.25) is 9.48 Å². The average molecular weight is 310 g/mol. The zero-order valence-corrected chi connectivity index (χ0v) is 12.6. The van der Waals surface area contributed by atoms with Crippen LogP contribution < -0.4 is 0 Å². The van der Waals surface area contributed by atoms with Crippen LogP contribution in [0.3, 0.4) is 0 Å². The summed E-state index contributed by atoms with van der Waals surface area (Å²) in [6, 6.07) is 3.80. The number of hydrogen-bond acceptors (Lipinski definition) is 5. The van der Waals surface area contributed by atoms with Crippen molar-refractivity contribution < 1.29 is 13.2 Å². The lowest BCUT2D eigenvalue weighted by Gasteiger charge is -2.22. The smallest absolute Gasteiger partial charge is 0.153 e. The molecule has 2 aromatic rings. The molecule has 1 unspecified atom stereocenters. The van der Waals surface area contributed by atoms with E-state index in [2.05, 4.69) is 5.10 Å². The number of rotatable bonds is 3. The molecule has 0 amide bonds. The molecule has 0 spiro atoms. The summed E-state index contributed by atoms with van der Waals surface area (Å²) in [4.78, 5) is 12.1. The van der Waals surface area contributed by atoms with Gasteiger partial charge in [-0.2, -0.15) is 5.10 Å². The molecule has 1 aliphatic heterocycles. The van der Waals surface area contributed by atoms with Gasteiger partial charge in [0.15, 0.2) is 16.1 Å². The maximum Gasteiger partial charge on any atom is 0.153 e. The van der Waals surface area contributed by atoms with E-state index in [9.17, 15) is 13.2 Å². The fraction of sp³-hybridized carbons (Fsp3) is 0.385. The molecule has 20 heavy (non-hydrogen) atoms. The third kappa shape index (κ3) is 2.20. The van der Waals surface area contributed by atoms with E-state index in [0.29, 0.717) is 17.7 Å². The van der Waals surface area contributed by atoms with Gasteiger partial charge in [-0.05, 0) is 24.8 Å². The zero-order valence-electron chi connectivity index (χ0n) is 10.9. The minimum Gasteiger partial charge on any atom is -0.298 e. The fourth-order valence-corrected chi connectivity index (χ4v) is 5.38. The van der Waals surface area contributed by atoms with Gasteiger partial charge in [-0.15, -0.1) is 11.3 Å². The number of sulfone groups is 1. The Kier molecular flexibility index (Phi) is 3.06. The van der Waals surface area contributed by atoms with Crippen molar-refractivity contribution in [3.05, 3.63) is 29.3 Å². The Morgan fingerprint density at radius 3 is 2.85 bits per heavy atom. The third-order valence-electron chi connectivity index (χ3n) is 3.66. The highest BCUT2D eigenvalue weighted by atomic mass is 32.2. The number of thiophene rings is 1. The van der Waals surface area contributed by atoms with Gasteiger partial charge in [0.25, 0.3) is 0 Å². The average Bonchev–Trinajstić information content (AvgIpc) is 3.07. The van der Waals surface area contributed by atoms with Crippen LogP contribution in [0.15, 0.2) is 23.7 Å². The molecule has 106 valence electrons. The molecular weight excluding hydrogens is 296 g/mol. The van der Waals surface area contributed by atoms with Crippen molar-refractivity contribution in [3.63, 3.8) is 0 Å². The maximum atomic E-state index is 11.7. The summed E-state index contributed by atoms with van der Waals surface area (Å²) >= 11 is 1.51. The van der Waals surface area contributed by atoms with E-state index in [-0.39, 0.29) is 11.5 Å². The van der Waals surface area contributed by atoms with E-state index in [4.69, 9.17) is 0 Å². The quantitative estimate of drug-likeness (QED) is 0.813. The molecule has 1 aliphatic rings. The molecular formula is C13H14N2O3S2. The molecule has 3 heterocycles. The second kappa shape index (κ2) is 4.53. The number of carbonyl (C=O) groups is 1. The zero-order chi connectivity index (χ0) is 14.4. The molecule has 2 aromatic heterocycles. The maximum absolute atomic E-state index is 11.7. The van der Waals surface area contributed by atoms with E-state index in [0.717, 1.165) is 11.2 Å². The molecule has 1 atom stereocenters. The normalized spacial score (nSPS) is 24.9. The van der Waals surface area contributed by atoms with Crippen molar-refractivity contribution in [2.45, 2.75) is 18.9 Å². The Hall–Kier alpha value is -1.47. The molecule has 7 heteroatoms. The van der Waals surface area contributed by atoms with Crippen LogP contribution in [0.25, 0.3) is 10.6 Å². The Morgan fingerprint density at radius 2 is 2.30 bits per heavy atom. The molecule has 0 N–H and O–H groups in total. The highest BCUT2D eigenvalue weighted by molar-refractivity contribution is 7.91. The van der Waals surface area contributed by atoms with Gasteiger partial charge >= 0.3 is 0 Å². The lowest BCUT2D eigenvalue weighted by molar-refractivity contribution is 0.112. The summed E-state index contributed by atoms with van der Waals surface area (Å²) in [6.45, 7) is 1.87. The lowest BCUT2D eigenvalue weighted by Crippen LogP contribution is -2.31. The predicted octanol–water partition coefficient (Wildman–Crippen LogP) is 1.96. The van der Waals surface area contributed by atoms with Crippen LogP contribution in [0.5, 0.6) is 0 Å². The monoisotopic (exact) mass is 310 g/mol. The van der Waals surface area contributed by atoms with Gasteiger partial charge in [0.05, 0.1) is 27.5 Å². The molecule has 1 saturated heterocycles. The van der Waals surface area contributed by atoms with Crippen molar-refractivity contribution in [3.8, 4) is 10.6 Å². The SMILES string of the molecule is CC1(n2cc(C=O)c(-c3cccs3)n2)CCS(=O)(=O)C1. The number of aromatic nitrogens is 2. The summed E-state index contributed by atoms with van der Waals surface area (Å²) in [5, 5.41) is 6.40. The Labute approximate surface area is 121 Å². The summed E-state index contributed by atoms with van der Waals surface area (Å²) < 4.78 is 25.1. The second-order valence-electron chi connectivity index (χ2n) is 5.31. The van der Waals surface area contributed by atoms with E-state index in [1.165, 1.54) is 11.3 Å². The van der Waals surface area contributed by atoms with Crippen LogP contribution in [-0.2, 0) is 15.4 Å². The molecule has 0 saturated carbocycles. The van der Waals surface area contributed by atoms with Crippen molar-refractivity contribution in [2.24, 2.45) is 0 Å². The van der Waals surface area contributed by atoms with Crippen LogP contribution in [0.4, 0.5) is 0 Å². The first-order valence-electron chi connectivity index (χ1n) is 6.23. The van der Waals surface area contributed by atoms with E-state index in [1.807, 2.05) is 24.4 Å². The first kappa shape index (κ1) is 13.5. The largest absolute Gasteiger partial charge is 0.298 e. The van der Waals surface area contributed by atoms with E-state index in [1.54, 1.807) is 10.9 Å². The van der Waals surface area contributed by atoms with Crippen LogP contribution in [0.1, 0.15) is 23.7 Å². The van der Waals surface area contributed by atoms with Crippen LogP contribution in [-0.4, -0.2) is 36.0 Å². The van der Waals surface area contributed by atoms with Crippen molar-refractivity contribution in [1.29, 1.82) is 0 Å². The summed E-state index contributed by atoms with van der Waals surface area (Å²) in [6.07, 6.45) is 2.95. The molecule has 3 rings (SSSR count). The van der Waals surface area contributed by atoms with E-state index < -0.39 is 15.4 Å². The van der Waals surface area contributed by atoms with Gasteiger partial charge in [-0.1, -0.05) is 6.07 Å². The number of aldehydes is 1. The number of nitrogens with zero attached hydrogens (tertiary/aromatic N) is 2. The molecule has 0 radical (unpaired) electrons. The Morgan fingerprint density at radius 1 is 1.50 bits per heavy atom. The minimum atomic E-state index is -3.01. The number of carbonyl (C=O) groups excluding carboxylic acids is 1. The van der Waals surface area contributed by atoms with Crippen LogP contribution in [0, 0.1) is 0 Å². The molecule has 0 bridgehead atoms. The molecule has 0 aromatic carbocycles. The molecule has 5 nitrogen and oxygen atoms in total. The number of hydrogen-bond donors (Lipinski definition) is 0. The molecule has 0 aliphatic carbocycles. The highest BCUT2D eigenvalue weighted by Gasteiger charge is 2.41. The van der Waals surface area contributed by atoms with Crippen molar-refractivity contribution in [1.82, 2.24) is 9.78 Å². The second-order valence-corrected chi connectivity index (χ2v) is 8.44. The molecule has 1 fully saturated rings. The standard InChI is InChI=1S/C13H14N2O3S2/c1-13(4-6-20(17,18)9-13)15-7-10(8-16)12(14-15)11-3-2-5-19-11/h2-3,5,7-8H,4,6,9H2,1H3. The van der Waals surface area contributed by atoms with Gasteiger partial charge < -0.3 is 0 Å². The lowest BCUT2D eigenvalue weighted by atomic mass is 10.0. The summed E-state index contributed by atoms with van der Waals surface area (Å²) in [5.74, 6) is 0.248. The Balaban J connectivity index is 2.06. The van der Waals surface area contributed by atoms with Gasteiger partial charge in [0, 0.05) is 6.20 Å². The highest BCUT2D eigenvalue weighted by Crippen LogP contribution is 2.33. The van der Waals surface area contributed by atoms with Crippen molar-refractivity contribution >= 4 is 27.5 Å². The minimum absolute atomic E-state index is 0.0733. The topological polar surface area (TPSA) is 69.0 Å². The fourth-order valence-electron chi connectivity index (χ4n) is 2.53. The third-order valence-corrected chi connectivity index (χ3v) is 6.42. The summed E-state index contributed by atoms with van der Waals surface area (Å²) in [5.41, 5.74) is 0.560. The van der Waals surface area contributed by atoms with Crippen LogP contribution in [0.2, 0.25) is 0 Å². The van der Waals surface area contributed by atoms with Crippen molar-refractivity contribution in [2.75, 3.05) is 11.5 Å². The van der Waals surface area contributed by atoms with Crippen LogP contribution >= 0.6 is 11.3 Å². The van der Waals surface area contributed by atoms with E-state index >= 15 is 0 Å². The van der Waals surface area contributed by atoms with Gasteiger partial charge in [0.2, 0.25) is 0 Å².